The van der Waals surface area contributed by atoms with Gasteiger partial charge in [0.05, 0.1) is 16.6 Å². The Labute approximate surface area is 247 Å². The molecule has 3 N–H and O–H groups in total. The first-order valence-corrected chi connectivity index (χ1v) is 13.1. The highest BCUT2D eigenvalue weighted by Crippen LogP contribution is 2.34. The van der Waals surface area contributed by atoms with E-state index >= 15 is 0 Å². The van der Waals surface area contributed by atoms with Crippen molar-refractivity contribution >= 4 is 34.2 Å². The molecular formula is C30H27F6N5O3. The number of hydrogen-bond donors (Lipinski definition) is 3. The summed E-state index contributed by atoms with van der Waals surface area (Å²) in [5.41, 5.74) is -1.71. The van der Waals surface area contributed by atoms with E-state index in [1.54, 1.807) is 27.8 Å². The van der Waals surface area contributed by atoms with Crippen molar-refractivity contribution in [3.05, 3.63) is 77.4 Å². The van der Waals surface area contributed by atoms with Crippen molar-refractivity contribution in [3.63, 3.8) is 0 Å². The van der Waals surface area contributed by atoms with Gasteiger partial charge in [-0.25, -0.2) is 9.97 Å². The molecule has 0 aliphatic rings. The molecule has 232 valence electrons. The summed E-state index contributed by atoms with van der Waals surface area (Å²) < 4.78 is 83.6. The minimum atomic E-state index is -4.90. The summed E-state index contributed by atoms with van der Waals surface area (Å²) in [7, 11) is 1.57. The second-order valence-corrected chi connectivity index (χ2v) is 10.7. The van der Waals surface area contributed by atoms with Crippen molar-refractivity contribution in [1.29, 1.82) is 0 Å². The lowest BCUT2D eigenvalue weighted by Crippen LogP contribution is -2.34. The number of nitrogens with one attached hydrogen (secondary N) is 3. The second-order valence-electron chi connectivity index (χ2n) is 10.7. The van der Waals surface area contributed by atoms with Gasteiger partial charge >= 0.3 is 12.5 Å². The van der Waals surface area contributed by atoms with E-state index in [1.165, 1.54) is 36.4 Å². The van der Waals surface area contributed by atoms with Crippen LogP contribution in [0.5, 0.6) is 5.75 Å². The number of amides is 2. The molecule has 0 atom stereocenters. The van der Waals surface area contributed by atoms with Crippen molar-refractivity contribution in [2.45, 2.75) is 39.9 Å². The molecule has 0 aliphatic heterocycles. The van der Waals surface area contributed by atoms with Gasteiger partial charge in [-0.05, 0) is 48.0 Å². The van der Waals surface area contributed by atoms with Gasteiger partial charge in [-0.3, -0.25) is 9.59 Å². The summed E-state index contributed by atoms with van der Waals surface area (Å²) in [5.74, 6) is -1.51. The summed E-state index contributed by atoms with van der Waals surface area (Å²) in [5, 5.41) is 8.45. The number of alkyl halides is 6. The summed E-state index contributed by atoms with van der Waals surface area (Å²) in [6.07, 6.45) is -9.74. The average Bonchev–Trinajstić information content (AvgIpc) is 2.93. The number of ether oxygens (including phenoxy) is 1. The predicted octanol–water partition coefficient (Wildman–Crippen LogP) is 7.17. The number of benzene rings is 3. The van der Waals surface area contributed by atoms with Crippen LogP contribution in [0.3, 0.4) is 0 Å². The Hall–Kier alpha value is -4.88. The number of carbonyl (C=O) groups excluding carboxylic acids is 2. The summed E-state index contributed by atoms with van der Waals surface area (Å²) in [6.45, 7) is 4.96. The van der Waals surface area contributed by atoms with Crippen LogP contribution in [-0.4, -0.2) is 35.2 Å². The molecule has 4 rings (SSSR count). The average molecular weight is 620 g/mol. The van der Waals surface area contributed by atoms with Crippen LogP contribution in [0.2, 0.25) is 0 Å². The number of anilines is 2. The van der Waals surface area contributed by atoms with Gasteiger partial charge in [0, 0.05) is 35.6 Å². The van der Waals surface area contributed by atoms with Crippen molar-refractivity contribution in [2.24, 2.45) is 5.41 Å². The third kappa shape index (κ3) is 7.74. The number of aromatic nitrogens is 2. The fraction of sp³-hybridized carbons (Fsp3) is 0.267. The maximum Gasteiger partial charge on any atom is 0.573 e. The van der Waals surface area contributed by atoms with E-state index in [0.29, 0.717) is 11.2 Å². The molecule has 3 aromatic carbocycles. The van der Waals surface area contributed by atoms with Crippen LogP contribution in [-0.2, 0) is 17.5 Å². The Bertz CT molecular complexity index is 1710. The normalized spacial score (nSPS) is 12.1. The van der Waals surface area contributed by atoms with E-state index in [-0.39, 0.29) is 40.6 Å². The molecule has 0 saturated carbocycles. The molecule has 14 heteroatoms. The van der Waals surface area contributed by atoms with Gasteiger partial charge in [-0.1, -0.05) is 39.0 Å². The molecular weight excluding hydrogens is 592 g/mol. The number of fused-ring (bicyclic) bond motifs is 1. The highest BCUT2D eigenvalue weighted by Gasteiger charge is 2.35. The van der Waals surface area contributed by atoms with Gasteiger partial charge in [0.2, 0.25) is 5.91 Å². The molecule has 0 unspecified atom stereocenters. The van der Waals surface area contributed by atoms with Crippen molar-refractivity contribution in [2.75, 3.05) is 17.7 Å². The number of halogens is 6. The second kappa shape index (κ2) is 12.0. The topological polar surface area (TPSA) is 105 Å². The van der Waals surface area contributed by atoms with E-state index < -0.39 is 40.7 Å². The van der Waals surface area contributed by atoms with Gasteiger partial charge in [0.1, 0.15) is 11.6 Å². The van der Waals surface area contributed by atoms with Crippen LogP contribution < -0.4 is 20.7 Å². The molecule has 8 nitrogen and oxygen atoms in total. The van der Waals surface area contributed by atoms with E-state index in [4.69, 9.17) is 0 Å². The third-order valence-electron chi connectivity index (χ3n) is 6.29. The Balaban J connectivity index is 1.67. The lowest BCUT2D eigenvalue weighted by atomic mass is 9.95. The number of nitrogens with zero attached hydrogens (tertiary/aromatic N) is 2. The fourth-order valence-electron chi connectivity index (χ4n) is 4.14. The molecule has 4 aromatic rings. The predicted molar refractivity (Wildman–Crippen MR) is 152 cm³/mol. The lowest BCUT2D eigenvalue weighted by molar-refractivity contribution is -0.274. The first-order valence-electron chi connectivity index (χ1n) is 13.1. The molecule has 0 saturated heterocycles. The maximum absolute atomic E-state index is 13.8. The van der Waals surface area contributed by atoms with Gasteiger partial charge < -0.3 is 20.7 Å². The first-order chi connectivity index (χ1) is 20.4. The van der Waals surface area contributed by atoms with Crippen LogP contribution in [0, 0.1) is 5.41 Å². The molecule has 0 bridgehead atoms. The molecule has 2 amide bonds. The summed E-state index contributed by atoms with van der Waals surface area (Å²) >= 11 is 0. The smallest absolute Gasteiger partial charge is 0.406 e. The fourth-order valence-corrected chi connectivity index (χ4v) is 4.14. The highest BCUT2D eigenvalue weighted by atomic mass is 19.4. The zero-order chi connectivity index (χ0) is 32.4. The van der Waals surface area contributed by atoms with E-state index in [9.17, 15) is 35.9 Å². The van der Waals surface area contributed by atoms with Crippen LogP contribution in [0.25, 0.3) is 22.3 Å². The van der Waals surface area contributed by atoms with Crippen LogP contribution in [0.1, 0.15) is 42.3 Å². The minimum absolute atomic E-state index is 0.0299. The number of carbonyl (C=O) groups is 2. The first kappa shape index (κ1) is 32.0. The minimum Gasteiger partial charge on any atom is -0.406 e. The Morgan fingerprint density at radius 3 is 2.25 bits per heavy atom. The van der Waals surface area contributed by atoms with Gasteiger partial charge in [-0.2, -0.15) is 13.2 Å². The molecule has 44 heavy (non-hydrogen) atoms. The standard InChI is InChI=1S/C30H27F6N5O3/c1-28(2,3)27(43)38-15-16-8-11-22(29(31,32)33)21(12-16)26(42)39-18-9-10-20-23(14-18)40-24(41-25(20)37-4)17-6-5-7-19(13-17)44-30(34,35)36/h5-14H,15H2,1-4H3,(H,38,43)(H,39,42)(H,37,40,41). The van der Waals surface area contributed by atoms with Gasteiger partial charge in [0.25, 0.3) is 5.91 Å². The molecule has 0 spiro atoms. The zero-order valence-electron chi connectivity index (χ0n) is 23.9. The molecule has 1 heterocycles. The van der Waals surface area contributed by atoms with E-state index in [1.807, 2.05) is 0 Å². The quantitative estimate of drug-likeness (QED) is 0.190. The van der Waals surface area contributed by atoms with Crippen molar-refractivity contribution < 1.29 is 40.7 Å². The van der Waals surface area contributed by atoms with Crippen molar-refractivity contribution in [1.82, 2.24) is 15.3 Å². The summed E-state index contributed by atoms with van der Waals surface area (Å²) in [4.78, 5) is 34.2. The maximum atomic E-state index is 13.8. The van der Waals surface area contributed by atoms with Gasteiger partial charge in [0.15, 0.2) is 5.82 Å². The lowest BCUT2D eigenvalue weighted by Gasteiger charge is -2.19. The Kier molecular flexibility index (Phi) is 8.75. The van der Waals surface area contributed by atoms with Crippen molar-refractivity contribution in [3.8, 4) is 17.1 Å². The zero-order valence-corrected chi connectivity index (χ0v) is 23.9. The molecule has 0 fully saturated rings. The number of rotatable bonds is 7. The van der Waals surface area contributed by atoms with Gasteiger partial charge in [-0.15, -0.1) is 13.2 Å². The molecule has 1 aromatic heterocycles. The van der Waals surface area contributed by atoms with Crippen LogP contribution >= 0.6 is 0 Å². The van der Waals surface area contributed by atoms with E-state index in [2.05, 4.69) is 30.7 Å². The van der Waals surface area contributed by atoms with Crippen LogP contribution in [0.4, 0.5) is 37.8 Å². The Morgan fingerprint density at radius 2 is 1.61 bits per heavy atom. The number of hydrogen-bond acceptors (Lipinski definition) is 6. The van der Waals surface area contributed by atoms with Crippen LogP contribution in [0.15, 0.2) is 60.7 Å². The Morgan fingerprint density at radius 1 is 0.886 bits per heavy atom. The SMILES string of the molecule is CNc1nc(-c2cccc(OC(F)(F)F)c2)nc2cc(NC(=O)c3cc(CNC(=O)C(C)(C)C)ccc3C(F)(F)F)ccc12. The largest absolute Gasteiger partial charge is 0.573 e. The summed E-state index contributed by atoms with van der Waals surface area (Å²) in [6, 6.07) is 12.4. The van der Waals surface area contributed by atoms with E-state index in [0.717, 1.165) is 24.3 Å². The molecule has 0 aliphatic carbocycles. The molecule has 0 radical (unpaired) electrons. The highest BCUT2D eigenvalue weighted by molar-refractivity contribution is 6.06. The monoisotopic (exact) mass is 619 g/mol. The third-order valence-corrected chi connectivity index (χ3v) is 6.29.